The molecule has 3 rings (SSSR count). The topological polar surface area (TPSA) is 145 Å². The Balaban J connectivity index is 1.74. The van der Waals surface area contributed by atoms with Crippen LogP contribution in [0.15, 0.2) is 30.3 Å². The van der Waals surface area contributed by atoms with Crippen molar-refractivity contribution in [2.24, 2.45) is 0 Å². The van der Waals surface area contributed by atoms with Gasteiger partial charge in [0.2, 0.25) is 17.4 Å². The van der Waals surface area contributed by atoms with Crippen LogP contribution in [0.2, 0.25) is 0 Å². The summed E-state index contributed by atoms with van der Waals surface area (Å²) in [6.07, 6.45) is 1.96. The van der Waals surface area contributed by atoms with Gasteiger partial charge in [0.1, 0.15) is 0 Å². The van der Waals surface area contributed by atoms with Gasteiger partial charge < -0.3 is 20.1 Å². The zero-order chi connectivity index (χ0) is 30.3. The van der Waals surface area contributed by atoms with Crippen molar-refractivity contribution in [3.05, 3.63) is 64.7 Å². The number of rotatable bonds is 13. The van der Waals surface area contributed by atoms with Crippen LogP contribution in [0.4, 0.5) is 17.6 Å². The molecule has 0 aliphatic heterocycles. The molecule has 1 aliphatic rings. The molecule has 3 N–H and O–H groups in total. The second-order valence-electron chi connectivity index (χ2n) is 9.67. The Morgan fingerprint density at radius 1 is 0.732 bits per heavy atom. The molecule has 2 unspecified atom stereocenters. The van der Waals surface area contributed by atoms with Gasteiger partial charge in [-0.3, -0.25) is 29.0 Å². The monoisotopic (exact) mass is 584 g/mol. The molecule has 2 aromatic rings. The summed E-state index contributed by atoms with van der Waals surface area (Å²) in [5.74, 6) is -13.4. The number of halogens is 4. The highest BCUT2D eigenvalue weighted by Crippen LogP contribution is 2.29. The fourth-order valence-corrected chi connectivity index (χ4v) is 5.00. The Morgan fingerprint density at radius 2 is 1.17 bits per heavy atom. The molecule has 41 heavy (non-hydrogen) atoms. The van der Waals surface area contributed by atoms with Crippen LogP contribution >= 0.6 is 0 Å². The van der Waals surface area contributed by atoms with Crippen molar-refractivity contribution in [1.29, 1.82) is 0 Å². The van der Waals surface area contributed by atoms with Gasteiger partial charge in [-0.15, -0.1) is 0 Å². The Kier molecular flexibility index (Phi) is 10.8. The number of carboxylic acid groups (broad SMARTS) is 3. The highest BCUT2D eigenvalue weighted by molar-refractivity contribution is 5.75. The van der Waals surface area contributed by atoms with Crippen molar-refractivity contribution >= 4 is 23.9 Å². The summed E-state index contributed by atoms with van der Waals surface area (Å²) >= 11 is 0. The number of carbonyl (C=O) groups is 4. The first-order chi connectivity index (χ1) is 19.3. The van der Waals surface area contributed by atoms with Crippen molar-refractivity contribution in [1.82, 2.24) is 9.80 Å². The van der Waals surface area contributed by atoms with Gasteiger partial charge in [-0.05, 0) is 24.0 Å². The van der Waals surface area contributed by atoms with Crippen molar-refractivity contribution in [2.75, 3.05) is 19.6 Å². The molecule has 10 nitrogen and oxygen atoms in total. The third-order valence-electron chi connectivity index (χ3n) is 6.69. The van der Waals surface area contributed by atoms with Crippen LogP contribution < -0.4 is 4.74 Å². The molecule has 0 bridgehead atoms. The number of ether oxygens (including phenoxy) is 1. The first-order valence-corrected chi connectivity index (χ1v) is 12.6. The molecule has 0 aromatic heterocycles. The molecule has 0 spiro atoms. The number of hydrogen-bond acceptors (Lipinski definition) is 7. The number of esters is 1. The number of carbonyl (C=O) groups excluding carboxylic acids is 1. The van der Waals surface area contributed by atoms with E-state index in [-0.39, 0.29) is 12.6 Å². The van der Waals surface area contributed by atoms with E-state index in [1.54, 1.807) is 17.0 Å². The minimum Gasteiger partial charge on any atom is -0.480 e. The minimum atomic E-state index is -1.85. The first kappa shape index (κ1) is 31.5. The zero-order valence-electron chi connectivity index (χ0n) is 21.7. The molecule has 2 atom stereocenters. The Morgan fingerprint density at radius 3 is 1.66 bits per heavy atom. The van der Waals surface area contributed by atoms with Crippen molar-refractivity contribution < 1.29 is 56.8 Å². The lowest BCUT2D eigenvalue weighted by molar-refractivity contribution is -0.146. The average Bonchev–Trinajstić information content (AvgIpc) is 2.89. The third-order valence-corrected chi connectivity index (χ3v) is 6.69. The summed E-state index contributed by atoms with van der Waals surface area (Å²) in [7, 11) is 0. The van der Waals surface area contributed by atoms with Gasteiger partial charge in [-0.25, -0.2) is 8.78 Å². The molecular formula is C27H28F4N2O8. The average molecular weight is 585 g/mol. The normalized spacial score (nSPS) is 17.0. The van der Waals surface area contributed by atoms with Crippen LogP contribution in [0, 0.1) is 23.3 Å². The molecule has 222 valence electrons. The molecular weight excluding hydrogens is 556 g/mol. The van der Waals surface area contributed by atoms with E-state index in [1.807, 2.05) is 0 Å². The summed E-state index contributed by atoms with van der Waals surface area (Å²) < 4.78 is 58.8. The number of aliphatic carboxylic acids is 3. The summed E-state index contributed by atoms with van der Waals surface area (Å²) in [5.41, 5.74) is 0.936. The van der Waals surface area contributed by atoms with Crippen molar-refractivity contribution in [3.63, 3.8) is 0 Å². The number of benzene rings is 2. The predicted molar refractivity (Wildman–Crippen MR) is 133 cm³/mol. The lowest BCUT2D eigenvalue weighted by atomic mass is 9.87. The van der Waals surface area contributed by atoms with E-state index in [4.69, 9.17) is 0 Å². The van der Waals surface area contributed by atoms with Crippen LogP contribution in [0.5, 0.6) is 5.75 Å². The smallest absolute Gasteiger partial charge is 0.317 e. The molecule has 14 heteroatoms. The number of carboxylic acids is 3. The maximum Gasteiger partial charge on any atom is 0.317 e. The molecule has 1 fully saturated rings. The maximum atomic E-state index is 13.8. The maximum absolute atomic E-state index is 13.8. The number of nitrogens with zero attached hydrogens (tertiary/aromatic N) is 2. The zero-order valence-corrected chi connectivity index (χ0v) is 21.7. The van der Waals surface area contributed by atoms with Crippen LogP contribution in [0.1, 0.15) is 36.8 Å². The first-order valence-electron chi connectivity index (χ1n) is 12.6. The highest BCUT2D eigenvalue weighted by Gasteiger charge is 2.36. The van der Waals surface area contributed by atoms with E-state index in [2.05, 4.69) is 4.74 Å². The Bertz CT molecular complexity index is 1250. The Hall–Kier alpha value is -4.04. The van der Waals surface area contributed by atoms with E-state index in [0.29, 0.717) is 24.0 Å². The van der Waals surface area contributed by atoms with E-state index >= 15 is 0 Å². The van der Waals surface area contributed by atoms with Gasteiger partial charge in [0.25, 0.3) is 0 Å². The Labute approximate surface area is 231 Å². The predicted octanol–water partition coefficient (Wildman–Crippen LogP) is 3.06. The summed E-state index contributed by atoms with van der Waals surface area (Å²) in [5, 5.41) is 28.2. The largest absolute Gasteiger partial charge is 0.480 e. The summed E-state index contributed by atoms with van der Waals surface area (Å²) in [4.78, 5) is 49.7. The molecule has 0 saturated heterocycles. The molecule has 0 amide bonds. The fraction of sp³-hybridized carbons (Fsp3) is 0.407. The fourth-order valence-electron chi connectivity index (χ4n) is 5.00. The van der Waals surface area contributed by atoms with Crippen LogP contribution in [-0.4, -0.2) is 80.7 Å². The number of hydrogen-bond donors (Lipinski definition) is 3. The molecule has 1 aliphatic carbocycles. The highest BCUT2D eigenvalue weighted by atomic mass is 19.2. The van der Waals surface area contributed by atoms with Gasteiger partial charge in [0.15, 0.2) is 11.6 Å². The van der Waals surface area contributed by atoms with E-state index in [9.17, 15) is 52.1 Å². The summed E-state index contributed by atoms with van der Waals surface area (Å²) in [6, 6.07) is 5.12. The SMILES string of the molecule is O=C(O)CN(CC(=O)O)C1CCCCC1N(CC(=O)O)Cc1ccc(CC(=O)Oc2c(F)c(F)cc(F)c2F)cc1. The molecule has 2 aromatic carbocycles. The second-order valence-corrected chi connectivity index (χ2v) is 9.67. The van der Waals surface area contributed by atoms with Gasteiger partial charge in [0, 0.05) is 24.7 Å². The van der Waals surface area contributed by atoms with Crippen LogP contribution in [-0.2, 0) is 32.1 Å². The van der Waals surface area contributed by atoms with Gasteiger partial charge in [0.05, 0.1) is 26.1 Å². The minimum absolute atomic E-state index is 0.0141. The molecule has 0 heterocycles. The third kappa shape index (κ3) is 8.72. The molecule has 0 radical (unpaired) electrons. The molecule has 1 saturated carbocycles. The van der Waals surface area contributed by atoms with Crippen molar-refractivity contribution in [2.45, 2.75) is 50.7 Å². The van der Waals surface area contributed by atoms with Crippen LogP contribution in [0.3, 0.4) is 0 Å². The van der Waals surface area contributed by atoms with Crippen molar-refractivity contribution in [3.8, 4) is 5.75 Å². The van der Waals surface area contributed by atoms with E-state index < -0.39 is 91.0 Å². The standard InChI is InChI=1S/C27H28F4N2O8/c28-17-10-18(29)26(31)27(25(17)30)41-24(40)9-15-5-7-16(8-6-15)11-32(12-21(34)35)19-3-1-2-4-20(19)33(13-22(36)37)14-23(38)39/h5-8,10,19-20H,1-4,9,11-14H2,(H,34,35)(H,36,37)(H,38,39). The quantitative estimate of drug-likeness (QED) is 0.139. The van der Waals surface area contributed by atoms with E-state index in [0.717, 1.165) is 12.8 Å². The van der Waals surface area contributed by atoms with Gasteiger partial charge in [-0.1, -0.05) is 37.1 Å². The summed E-state index contributed by atoms with van der Waals surface area (Å²) in [6.45, 7) is -1.33. The van der Waals surface area contributed by atoms with Gasteiger partial charge >= 0.3 is 23.9 Å². The van der Waals surface area contributed by atoms with Crippen LogP contribution in [0.25, 0.3) is 0 Å². The van der Waals surface area contributed by atoms with Gasteiger partial charge in [-0.2, -0.15) is 8.78 Å². The second kappa shape index (κ2) is 14.0. The lowest BCUT2D eigenvalue weighted by Crippen LogP contribution is -2.56. The lowest BCUT2D eigenvalue weighted by Gasteiger charge is -2.44. The van der Waals surface area contributed by atoms with E-state index in [1.165, 1.54) is 17.0 Å².